The van der Waals surface area contributed by atoms with E-state index in [1.54, 1.807) is 30.3 Å². The number of nitrogens with zero attached hydrogens (tertiary/aromatic N) is 1. The largest absolute Gasteiger partial charge is 0.351 e. The molecule has 7 nitrogen and oxygen atoms in total. The Balaban J connectivity index is 0.00000338. The quantitative estimate of drug-likeness (QED) is 0.652. The van der Waals surface area contributed by atoms with Gasteiger partial charge in [0.2, 0.25) is 5.76 Å². The predicted molar refractivity (Wildman–Crippen MR) is 103 cm³/mol. The van der Waals surface area contributed by atoms with Gasteiger partial charge in [-0.05, 0) is 25.0 Å². The van der Waals surface area contributed by atoms with Gasteiger partial charge >= 0.3 is 0 Å². The van der Waals surface area contributed by atoms with E-state index in [0.29, 0.717) is 24.3 Å². The molecule has 8 heteroatoms. The summed E-state index contributed by atoms with van der Waals surface area (Å²) in [6.07, 6.45) is 1.85. The van der Waals surface area contributed by atoms with Gasteiger partial charge in [-0.15, -0.1) is 12.4 Å². The van der Waals surface area contributed by atoms with Crippen LogP contribution in [0, 0.1) is 0 Å². The first-order valence-corrected chi connectivity index (χ1v) is 8.45. The van der Waals surface area contributed by atoms with Gasteiger partial charge in [0.25, 0.3) is 11.8 Å². The highest BCUT2D eigenvalue weighted by Gasteiger charge is 2.19. The molecule has 0 saturated heterocycles. The van der Waals surface area contributed by atoms with Gasteiger partial charge in [0, 0.05) is 25.1 Å². The van der Waals surface area contributed by atoms with Crippen molar-refractivity contribution in [2.75, 3.05) is 18.4 Å². The van der Waals surface area contributed by atoms with Gasteiger partial charge in [-0.2, -0.15) is 0 Å². The van der Waals surface area contributed by atoms with E-state index >= 15 is 0 Å². The highest BCUT2D eigenvalue weighted by Crippen LogP contribution is 2.23. The number of anilines is 1. The Kier molecular flexibility index (Phi) is 8.81. The maximum absolute atomic E-state index is 12.4. The number of carbonyl (C=O) groups excluding carboxylic acids is 2. The molecule has 2 rings (SSSR count). The molecule has 0 aliphatic heterocycles. The molecule has 2 aromatic rings. The van der Waals surface area contributed by atoms with Crippen molar-refractivity contribution in [2.24, 2.45) is 5.73 Å². The summed E-state index contributed by atoms with van der Waals surface area (Å²) in [7, 11) is 0. The summed E-state index contributed by atoms with van der Waals surface area (Å²) in [5.74, 6) is -0.348. The second kappa shape index (κ2) is 10.6. The summed E-state index contributed by atoms with van der Waals surface area (Å²) in [5.41, 5.74) is 6.93. The lowest BCUT2D eigenvalue weighted by atomic mass is 9.99. The van der Waals surface area contributed by atoms with E-state index in [-0.39, 0.29) is 30.0 Å². The fourth-order valence-electron chi connectivity index (χ4n) is 2.55. The lowest BCUT2D eigenvalue weighted by molar-refractivity contribution is 0.0955. The Labute approximate surface area is 159 Å². The van der Waals surface area contributed by atoms with E-state index in [9.17, 15) is 9.59 Å². The minimum Gasteiger partial charge on any atom is -0.351 e. The first kappa shape index (κ1) is 21.7. The van der Waals surface area contributed by atoms with E-state index in [1.807, 2.05) is 0 Å². The fraction of sp³-hybridized carbons (Fsp3) is 0.389. The third-order valence-electron chi connectivity index (χ3n) is 4.01. The zero-order valence-electron chi connectivity index (χ0n) is 15.0. The van der Waals surface area contributed by atoms with Crippen molar-refractivity contribution in [3.05, 3.63) is 47.3 Å². The van der Waals surface area contributed by atoms with Gasteiger partial charge in [0.15, 0.2) is 0 Å². The maximum atomic E-state index is 12.4. The van der Waals surface area contributed by atoms with Crippen LogP contribution in [0.1, 0.15) is 59.2 Å². The summed E-state index contributed by atoms with van der Waals surface area (Å²) < 4.78 is 5.17. The lowest BCUT2D eigenvalue weighted by Crippen LogP contribution is -2.29. The molecule has 1 aromatic carbocycles. The molecule has 0 fully saturated rings. The Morgan fingerprint density at radius 1 is 1.19 bits per heavy atom. The van der Waals surface area contributed by atoms with Crippen molar-refractivity contribution in [1.82, 2.24) is 10.5 Å². The number of nitrogens with two attached hydrogens (primary N) is 1. The van der Waals surface area contributed by atoms with Crippen LogP contribution in [0.15, 0.2) is 34.9 Å². The zero-order valence-corrected chi connectivity index (χ0v) is 15.8. The van der Waals surface area contributed by atoms with Crippen molar-refractivity contribution in [3.8, 4) is 0 Å². The number of rotatable bonds is 8. The molecule has 1 heterocycles. The third kappa shape index (κ3) is 5.31. The van der Waals surface area contributed by atoms with Crippen LogP contribution < -0.4 is 16.4 Å². The molecule has 142 valence electrons. The average Bonchev–Trinajstić information content (AvgIpc) is 3.11. The number of carbonyl (C=O) groups is 2. The highest BCUT2D eigenvalue weighted by atomic mass is 35.5. The number of hydrogen-bond acceptors (Lipinski definition) is 5. The van der Waals surface area contributed by atoms with Crippen molar-refractivity contribution in [2.45, 2.75) is 32.6 Å². The van der Waals surface area contributed by atoms with Gasteiger partial charge in [-0.1, -0.05) is 31.1 Å². The topological polar surface area (TPSA) is 110 Å². The van der Waals surface area contributed by atoms with E-state index < -0.39 is 5.91 Å². The number of hydrogen-bond donors (Lipinski definition) is 3. The van der Waals surface area contributed by atoms with Gasteiger partial charge in [0.1, 0.15) is 0 Å². The van der Waals surface area contributed by atoms with Gasteiger partial charge in [-0.3, -0.25) is 9.59 Å². The van der Waals surface area contributed by atoms with Gasteiger partial charge < -0.3 is 20.9 Å². The molecule has 0 saturated carbocycles. The van der Waals surface area contributed by atoms with Gasteiger partial charge in [0.05, 0.1) is 16.9 Å². The fourth-order valence-corrected chi connectivity index (χ4v) is 2.55. The molecule has 0 spiro atoms. The van der Waals surface area contributed by atoms with E-state index in [2.05, 4.69) is 29.6 Å². The van der Waals surface area contributed by atoms with Crippen molar-refractivity contribution in [1.29, 1.82) is 0 Å². The molecule has 0 unspecified atom stereocenters. The molecule has 0 bridgehead atoms. The predicted octanol–water partition coefficient (Wildman–Crippen LogP) is 2.94. The van der Waals surface area contributed by atoms with E-state index in [1.165, 1.54) is 0 Å². The van der Waals surface area contributed by atoms with Crippen LogP contribution in [-0.4, -0.2) is 30.1 Å². The second-order valence-electron chi connectivity index (χ2n) is 5.67. The smallest absolute Gasteiger partial charge is 0.294 e. The van der Waals surface area contributed by atoms with Crippen LogP contribution in [0.2, 0.25) is 0 Å². The Bertz CT molecular complexity index is 729. The van der Waals surface area contributed by atoms with Gasteiger partial charge in [-0.25, -0.2) is 0 Å². The van der Waals surface area contributed by atoms with Crippen LogP contribution in [0.4, 0.5) is 5.69 Å². The first-order chi connectivity index (χ1) is 12.1. The van der Waals surface area contributed by atoms with E-state index in [4.69, 9.17) is 10.3 Å². The van der Waals surface area contributed by atoms with Crippen LogP contribution in [0.3, 0.4) is 0 Å². The molecule has 26 heavy (non-hydrogen) atoms. The summed E-state index contributed by atoms with van der Waals surface area (Å²) in [6.45, 7) is 4.84. The minimum atomic E-state index is -0.441. The summed E-state index contributed by atoms with van der Waals surface area (Å²) >= 11 is 0. The zero-order chi connectivity index (χ0) is 18.2. The summed E-state index contributed by atoms with van der Waals surface area (Å²) in [4.78, 5) is 24.6. The monoisotopic (exact) mass is 380 g/mol. The maximum Gasteiger partial charge on any atom is 0.294 e. The molecule has 1 aromatic heterocycles. The molecule has 2 amide bonds. The third-order valence-corrected chi connectivity index (χ3v) is 4.01. The van der Waals surface area contributed by atoms with Crippen LogP contribution in [-0.2, 0) is 0 Å². The first-order valence-electron chi connectivity index (χ1n) is 8.45. The lowest BCUT2D eigenvalue weighted by Gasteiger charge is -2.10. The molecule has 0 aliphatic rings. The highest BCUT2D eigenvalue weighted by molar-refractivity contribution is 6.07. The SMILES string of the molecule is CCC(CC)c1cc(C(=O)Nc2ccccc2C(=O)NCCN)on1.Cl. The van der Waals surface area contributed by atoms with Crippen molar-refractivity contribution >= 4 is 29.9 Å². The summed E-state index contributed by atoms with van der Waals surface area (Å²) in [6, 6.07) is 8.42. The Morgan fingerprint density at radius 2 is 1.88 bits per heavy atom. The number of halogens is 1. The normalized spacial score (nSPS) is 10.3. The van der Waals surface area contributed by atoms with Crippen molar-refractivity contribution < 1.29 is 14.1 Å². The second-order valence-corrected chi connectivity index (χ2v) is 5.67. The number of para-hydroxylation sites is 1. The van der Waals surface area contributed by atoms with E-state index in [0.717, 1.165) is 18.5 Å². The molecular formula is C18H25ClN4O3. The molecule has 4 N–H and O–H groups in total. The molecule has 0 atom stereocenters. The molecular weight excluding hydrogens is 356 g/mol. The minimum absolute atomic E-state index is 0. The summed E-state index contributed by atoms with van der Waals surface area (Å²) in [5, 5.41) is 9.38. The van der Waals surface area contributed by atoms with Crippen molar-refractivity contribution in [3.63, 3.8) is 0 Å². The number of benzene rings is 1. The standard InChI is InChI=1S/C18H24N4O3.ClH/c1-3-12(4-2)15-11-16(25-22-15)18(24)21-14-8-6-5-7-13(14)17(23)20-10-9-19;/h5-8,11-12H,3-4,9-10,19H2,1-2H3,(H,20,23)(H,21,24);1H. The number of amides is 2. The number of aromatic nitrogens is 1. The molecule has 0 aliphatic carbocycles. The average molecular weight is 381 g/mol. The Morgan fingerprint density at radius 3 is 2.54 bits per heavy atom. The Hall–Kier alpha value is -2.38. The number of nitrogens with one attached hydrogen (secondary N) is 2. The molecule has 0 radical (unpaired) electrons. The van der Waals surface area contributed by atoms with Crippen LogP contribution >= 0.6 is 12.4 Å². The van der Waals surface area contributed by atoms with Crippen LogP contribution in [0.25, 0.3) is 0 Å². The van der Waals surface area contributed by atoms with Crippen LogP contribution in [0.5, 0.6) is 0 Å².